The van der Waals surface area contributed by atoms with Crippen molar-refractivity contribution in [3.8, 4) is 6.07 Å². The third-order valence-electron chi connectivity index (χ3n) is 2.42. The van der Waals surface area contributed by atoms with E-state index in [1.54, 1.807) is 0 Å². The number of rotatable bonds is 2. The highest BCUT2D eigenvalue weighted by Gasteiger charge is 2.30. The first-order valence-electron chi connectivity index (χ1n) is 4.43. The number of hydrogen-bond acceptors (Lipinski definition) is 4. The van der Waals surface area contributed by atoms with Gasteiger partial charge < -0.3 is 4.90 Å². The summed E-state index contributed by atoms with van der Waals surface area (Å²) < 4.78 is 16.3. The number of hydrogen-bond donors (Lipinski definition) is 0. The molecule has 0 atom stereocenters. The Hall–Kier alpha value is -1.15. The van der Waals surface area contributed by atoms with E-state index in [0.717, 1.165) is 10.7 Å². The van der Waals surface area contributed by atoms with Crippen LogP contribution in [0.5, 0.6) is 0 Å². The van der Waals surface area contributed by atoms with Gasteiger partial charge in [-0.25, -0.2) is 0 Å². The molecular weight excluding hydrogens is 201 g/mol. The molecular formula is C9H10FN3S. The molecule has 3 nitrogen and oxygen atoms in total. The fourth-order valence-corrected chi connectivity index (χ4v) is 2.40. The number of anilines is 1. The monoisotopic (exact) mass is 211 g/mol. The lowest BCUT2D eigenvalue weighted by Crippen LogP contribution is -2.47. The Morgan fingerprint density at radius 3 is 3.00 bits per heavy atom. The minimum Gasteiger partial charge on any atom is -0.360 e. The summed E-state index contributed by atoms with van der Waals surface area (Å²) >= 11 is 1.33. The second-order valence-corrected chi connectivity index (χ2v) is 4.24. The molecule has 5 heteroatoms. The van der Waals surface area contributed by atoms with Gasteiger partial charge in [-0.2, -0.15) is 9.64 Å². The van der Waals surface area contributed by atoms with Crippen molar-refractivity contribution in [2.24, 2.45) is 5.92 Å². The van der Waals surface area contributed by atoms with Crippen LogP contribution in [0.25, 0.3) is 0 Å². The van der Waals surface area contributed by atoms with Crippen molar-refractivity contribution >= 4 is 16.5 Å². The third-order valence-corrected chi connectivity index (χ3v) is 3.42. The SMILES string of the molecule is Cc1nsc(N2CC(CF)C2)c1C#N. The summed E-state index contributed by atoms with van der Waals surface area (Å²) in [7, 11) is 0. The molecule has 0 amide bonds. The molecule has 1 aliphatic rings. The topological polar surface area (TPSA) is 39.9 Å². The minimum atomic E-state index is -0.268. The van der Waals surface area contributed by atoms with Gasteiger partial charge in [0.25, 0.3) is 0 Å². The van der Waals surface area contributed by atoms with Gasteiger partial charge in [0.05, 0.1) is 12.4 Å². The molecule has 2 heterocycles. The summed E-state index contributed by atoms with van der Waals surface area (Å²) in [5, 5.41) is 9.79. The molecule has 1 saturated heterocycles. The summed E-state index contributed by atoms with van der Waals surface area (Å²) in [5.74, 6) is 0.143. The highest BCUT2D eigenvalue weighted by molar-refractivity contribution is 7.10. The molecule has 74 valence electrons. The summed E-state index contributed by atoms with van der Waals surface area (Å²) in [6, 6.07) is 2.14. The lowest BCUT2D eigenvalue weighted by atomic mass is 10.0. The first-order chi connectivity index (χ1) is 6.76. The molecule has 1 aliphatic heterocycles. The molecule has 0 spiro atoms. The highest BCUT2D eigenvalue weighted by atomic mass is 32.1. The van der Waals surface area contributed by atoms with Crippen LogP contribution in [0.15, 0.2) is 0 Å². The Bertz CT molecular complexity index is 376. The van der Waals surface area contributed by atoms with Crippen molar-refractivity contribution in [2.75, 3.05) is 24.7 Å². The molecule has 1 fully saturated rings. The molecule has 14 heavy (non-hydrogen) atoms. The van der Waals surface area contributed by atoms with Gasteiger partial charge >= 0.3 is 0 Å². The predicted octanol–water partition coefficient (Wildman–Crippen LogP) is 1.73. The predicted molar refractivity (Wildman–Crippen MR) is 53.2 cm³/mol. The quantitative estimate of drug-likeness (QED) is 0.748. The van der Waals surface area contributed by atoms with Crippen LogP contribution < -0.4 is 4.90 Å². The Balaban J connectivity index is 2.15. The van der Waals surface area contributed by atoms with Gasteiger partial charge in [-0.15, -0.1) is 0 Å². The molecule has 0 unspecified atom stereocenters. The van der Waals surface area contributed by atoms with E-state index in [9.17, 15) is 4.39 Å². The summed E-state index contributed by atoms with van der Waals surface area (Å²) in [6.07, 6.45) is 0. The number of aromatic nitrogens is 1. The summed E-state index contributed by atoms with van der Waals surface area (Å²) in [5.41, 5.74) is 1.42. The largest absolute Gasteiger partial charge is 0.360 e. The van der Waals surface area contributed by atoms with Crippen molar-refractivity contribution in [3.05, 3.63) is 11.3 Å². The maximum atomic E-state index is 12.2. The Kier molecular flexibility index (Phi) is 2.38. The smallest absolute Gasteiger partial charge is 0.130 e. The summed E-state index contributed by atoms with van der Waals surface area (Å²) in [6.45, 7) is 2.99. The van der Waals surface area contributed by atoms with Crippen LogP contribution in [-0.2, 0) is 0 Å². The summed E-state index contributed by atoms with van der Waals surface area (Å²) in [4.78, 5) is 2.02. The van der Waals surface area contributed by atoms with Crippen molar-refractivity contribution < 1.29 is 4.39 Å². The van der Waals surface area contributed by atoms with Gasteiger partial charge in [0.1, 0.15) is 16.6 Å². The van der Waals surface area contributed by atoms with Crippen LogP contribution in [0, 0.1) is 24.2 Å². The molecule has 0 aliphatic carbocycles. The van der Waals surface area contributed by atoms with Gasteiger partial charge in [0, 0.05) is 19.0 Å². The zero-order valence-corrected chi connectivity index (χ0v) is 8.64. The normalized spacial score (nSPS) is 16.5. The molecule has 0 radical (unpaired) electrons. The van der Waals surface area contributed by atoms with Crippen molar-refractivity contribution in [2.45, 2.75) is 6.92 Å². The lowest BCUT2D eigenvalue weighted by Gasteiger charge is -2.38. The molecule has 1 aromatic rings. The van der Waals surface area contributed by atoms with E-state index in [1.807, 2.05) is 11.8 Å². The number of halogens is 1. The van der Waals surface area contributed by atoms with E-state index in [-0.39, 0.29) is 12.6 Å². The van der Waals surface area contributed by atoms with Crippen molar-refractivity contribution in [3.63, 3.8) is 0 Å². The van der Waals surface area contributed by atoms with E-state index < -0.39 is 0 Å². The van der Waals surface area contributed by atoms with Gasteiger partial charge in [-0.1, -0.05) is 0 Å². The Labute approximate surface area is 85.9 Å². The molecule has 2 rings (SSSR count). The Morgan fingerprint density at radius 2 is 2.43 bits per heavy atom. The second kappa shape index (κ2) is 3.54. The fraction of sp³-hybridized carbons (Fsp3) is 0.556. The van der Waals surface area contributed by atoms with Crippen molar-refractivity contribution in [1.29, 1.82) is 5.26 Å². The van der Waals surface area contributed by atoms with Gasteiger partial charge in [-0.05, 0) is 18.5 Å². The van der Waals surface area contributed by atoms with E-state index in [0.29, 0.717) is 18.7 Å². The maximum Gasteiger partial charge on any atom is 0.130 e. The van der Waals surface area contributed by atoms with Crippen molar-refractivity contribution in [1.82, 2.24) is 4.37 Å². The number of nitriles is 1. The minimum absolute atomic E-state index is 0.143. The number of alkyl halides is 1. The average Bonchev–Trinajstić information content (AvgIpc) is 2.45. The molecule has 0 saturated carbocycles. The van der Waals surface area contributed by atoms with Crippen LogP contribution in [0.2, 0.25) is 0 Å². The van der Waals surface area contributed by atoms with Crippen LogP contribution in [-0.4, -0.2) is 24.1 Å². The van der Waals surface area contributed by atoms with Gasteiger partial charge in [0.2, 0.25) is 0 Å². The van der Waals surface area contributed by atoms with E-state index in [1.165, 1.54) is 11.5 Å². The molecule has 0 bridgehead atoms. The van der Waals surface area contributed by atoms with E-state index >= 15 is 0 Å². The fourth-order valence-electron chi connectivity index (χ4n) is 1.54. The second-order valence-electron chi connectivity index (χ2n) is 3.49. The molecule has 1 aromatic heterocycles. The number of aryl methyl sites for hydroxylation is 1. The average molecular weight is 211 g/mol. The van der Waals surface area contributed by atoms with Crippen LogP contribution >= 0.6 is 11.5 Å². The van der Waals surface area contributed by atoms with Gasteiger partial charge in [-0.3, -0.25) is 4.39 Å². The molecule has 0 aromatic carbocycles. The van der Waals surface area contributed by atoms with E-state index in [4.69, 9.17) is 5.26 Å². The first-order valence-corrected chi connectivity index (χ1v) is 5.21. The zero-order chi connectivity index (χ0) is 10.1. The molecule has 0 N–H and O–H groups in total. The lowest BCUT2D eigenvalue weighted by molar-refractivity contribution is 0.307. The maximum absolute atomic E-state index is 12.2. The zero-order valence-electron chi connectivity index (χ0n) is 7.83. The van der Waals surface area contributed by atoms with E-state index in [2.05, 4.69) is 10.4 Å². The van der Waals surface area contributed by atoms with Crippen LogP contribution in [0.1, 0.15) is 11.3 Å². The van der Waals surface area contributed by atoms with Gasteiger partial charge in [0.15, 0.2) is 0 Å². The highest BCUT2D eigenvalue weighted by Crippen LogP contribution is 2.33. The van der Waals surface area contributed by atoms with Crippen LogP contribution in [0.3, 0.4) is 0 Å². The number of nitrogens with zero attached hydrogens (tertiary/aromatic N) is 3. The van der Waals surface area contributed by atoms with Crippen LogP contribution in [0.4, 0.5) is 9.39 Å². The Morgan fingerprint density at radius 1 is 1.71 bits per heavy atom. The standard InChI is InChI=1S/C9H10FN3S/c1-6-8(3-11)9(14-12-6)13-4-7(2-10)5-13/h7H,2,4-5H2,1H3. The third kappa shape index (κ3) is 1.36. The first kappa shape index (κ1) is 9.41.